The van der Waals surface area contributed by atoms with Crippen LogP contribution in [-0.2, 0) is 6.54 Å². The topological polar surface area (TPSA) is 41.4 Å². The van der Waals surface area contributed by atoms with Crippen LogP contribution < -0.4 is 10.7 Å². The maximum Gasteiger partial charge on any atom is 0.186 e. The van der Waals surface area contributed by atoms with Crippen molar-refractivity contribution in [2.45, 2.75) is 41.2 Å². The molecule has 5 heteroatoms. The highest BCUT2D eigenvalue weighted by atomic mass is 32.1. The zero-order valence-corrected chi connectivity index (χ0v) is 13.3. The maximum atomic E-state index is 5.05. The van der Waals surface area contributed by atoms with Gasteiger partial charge in [-0.2, -0.15) is 5.10 Å². The van der Waals surface area contributed by atoms with Crippen molar-refractivity contribution in [1.29, 1.82) is 0 Å². The van der Waals surface area contributed by atoms with E-state index in [1.54, 1.807) is 0 Å². The molecule has 106 valence electrons. The van der Waals surface area contributed by atoms with Gasteiger partial charge in [0.2, 0.25) is 0 Å². The van der Waals surface area contributed by atoms with Crippen LogP contribution in [0.3, 0.4) is 0 Å². The predicted octanol–water partition coefficient (Wildman–Crippen LogP) is 2.58. The molecule has 0 fully saturated rings. The van der Waals surface area contributed by atoms with Gasteiger partial charge in [0.25, 0.3) is 0 Å². The summed E-state index contributed by atoms with van der Waals surface area (Å²) in [6, 6.07) is 2.15. The molecule has 0 atom stereocenters. The smallest absolute Gasteiger partial charge is 0.186 e. The fourth-order valence-corrected chi connectivity index (χ4v) is 2.16. The van der Waals surface area contributed by atoms with Gasteiger partial charge in [-0.3, -0.25) is 5.43 Å². The molecule has 0 spiro atoms. The molecule has 1 rings (SSSR count). The van der Waals surface area contributed by atoms with Crippen molar-refractivity contribution in [3.05, 3.63) is 23.0 Å². The first-order valence-electron chi connectivity index (χ1n) is 6.69. The second-order valence-corrected chi connectivity index (χ2v) is 5.47. The van der Waals surface area contributed by atoms with E-state index < -0.39 is 0 Å². The molecule has 0 saturated heterocycles. The van der Waals surface area contributed by atoms with Crippen molar-refractivity contribution in [2.24, 2.45) is 11.0 Å². The number of aryl methyl sites for hydroxylation is 1. The summed E-state index contributed by atoms with van der Waals surface area (Å²) in [7, 11) is 0. The first-order chi connectivity index (χ1) is 8.95. The van der Waals surface area contributed by atoms with E-state index in [9.17, 15) is 0 Å². The zero-order valence-electron chi connectivity index (χ0n) is 12.4. The monoisotopic (exact) mass is 280 g/mol. The first-order valence-corrected chi connectivity index (χ1v) is 7.10. The molecule has 1 aromatic heterocycles. The van der Waals surface area contributed by atoms with Gasteiger partial charge in [-0.05, 0) is 45.0 Å². The summed E-state index contributed by atoms with van der Waals surface area (Å²) in [6.45, 7) is 12.5. The van der Waals surface area contributed by atoms with Gasteiger partial charge >= 0.3 is 0 Å². The zero-order chi connectivity index (χ0) is 14.4. The SMILES string of the molecule is CCNC(=S)N/N=C/c1cc(C)n(CC(C)C)c1C. The highest BCUT2D eigenvalue weighted by molar-refractivity contribution is 7.80. The molecule has 0 aliphatic carbocycles. The van der Waals surface area contributed by atoms with Crippen LogP contribution in [0.15, 0.2) is 11.2 Å². The van der Waals surface area contributed by atoms with Crippen LogP contribution >= 0.6 is 12.2 Å². The number of rotatable bonds is 5. The fourth-order valence-electron chi connectivity index (χ4n) is 1.97. The summed E-state index contributed by atoms with van der Waals surface area (Å²) in [4.78, 5) is 0. The molecule has 0 radical (unpaired) electrons. The third-order valence-corrected chi connectivity index (χ3v) is 3.10. The Bertz CT molecular complexity index is 460. The van der Waals surface area contributed by atoms with E-state index in [1.165, 1.54) is 11.4 Å². The highest BCUT2D eigenvalue weighted by Crippen LogP contribution is 2.15. The second-order valence-electron chi connectivity index (χ2n) is 5.06. The molecule has 0 bridgehead atoms. The van der Waals surface area contributed by atoms with Crippen molar-refractivity contribution in [3.8, 4) is 0 Å². The van der Waals surface area contributed by atoms with Crippen molar-refractivity contribution >= 4 is 23.5 Å². The minimum absolute atomic E-state index is 0.551. The van der Waals surface area contributed by atoms with Crippen LogP contribution in [-0.4, -0.2) is 22.4 Å². The molecule has 0 amide bonds. The van der Waals surface area contributed by atoms with Gasteiger partial charge in [0.05, 0.1) is 6.21 Å². The number of thiocarbonyl (C=S) groups is 1. The molecule has 0 unspecified atom stereocenters. The van der Waals surface area contributed by atoms with Crippen LogP contribution in [0.5, 0.6) is 0 Å². The number of hydrogen-bond donors (Lipinski definition) is 2. The van der Waals surface area contributed by atoms with Crippen LogP contribution in [0.25, 0.3) is 0 Å². The summed E-state index contributed by atoms with van der Waals surface area (Å²) in [5.41, 5.74) is 6.45. The highest BCUT2D eigenvalue weighted by Gasteiger charge is 2.08. The molecular formula is C14H24N4S. The lowest BCUT2D eigenvalue weighted by molar-refractivity contribution is 0.509. The molecule has 4 nitrogen and oxygen atoms in total. The summed E-state index contributed by atoms with van der Waals surface area (Å²) < 4.78 is 2.33. The number of nitrogens with zero attached hydrogens (tertiary/aromatic N) is 2. The molecule has 19 heavy (non-hydrogen) atoms. The molecule has 0 saturated carbocycles. The molecule has 1 heterocycles. The van der Waals surface area contributed by atoms with Crippen LogP contribution in [0.4, 0.5) is 0 Å². The van der Waals surface area contributed by atoms with Gasteiger partial charge in [0, 0.05) is 30.0 Å². The van der Waals surface area contributed by atoms with Gasteiger partial charge < -0.3 is 9.88 Å². The summed E-state index contributed by atoms with van der Waals surface area (Å²) >= 11 is 5.05. The number of hydrazone groups is 1. The molecule has 0 aliphatic heterocycles. The number of hydrogen-bond acceptors (Lipinski definition) is 2. The standard InChI is InChI=1S/C14H24N4S/c1-6-15-14(19)17-16-8-13-7-11(4)18(12(13)5)9-10(2)3/h7-8,10H,6,9H2,1-5H3,(H2,15,17,19)/b16-8+. The predicted molar refractivity (Wildman–Crippen MR) is 85.7 cm³/mol. The lowest BCUT2D eigenvalue weighted by atomic mass is 10.2. The normalized spacial score (nSPS) is 11.3. The second kappa shape index (κ2) is 7.28. The van der Waals surface area contributed by atoms with E-state index in [4.69, 9.17) is 12.2 Å². The Hall–Kier alpha value is -1.36. The van der Waals surface area contributed by atoms with Gasteiger partial charge in [0.1, 0.15) is 0 Å². The largest absolute Gasteiger partial charge is 0.362 e. The summed E-state index contributed by atoms with van der Waals surface area (Å²) in [5, 5.41) is 7.70. The van der Waals surface area contributed by atoms with E-state index in [1.807, 2.05) is 13.1 Å². The minimum atomic E-state index is 0.551. The average Bonchev–Trinajstić information content (AvgIpc) is 2.57. The molecule has 0 aliphatic rings. The Kier molecular flexibility index (Phi) is 6.02. The summed E-state index contributed by atoms with van der Waals surface area (Å²) in [5.74, 6) is 0.633. The molecule has 2 N–H and O–H groups in total. The van der Waals surface area contributed by atoms with E-state index in [2.05, 4.69) is 54.2 Å². The van der Waals surface area contributed by atoms with Gasteiger partial charge in [-0.1, -0.05) is 13.8 Å². The quantitative estimate of drug-likeness (QED) is 0.495. The van der Waals surface area contributed by atoms with E-state index in [-0.39, 0.29) is 0 Å². The van der Waals surface area contributed by atoms with Crippen molar-refractivity contribution in [1.82, 2.24) is 15.3 Å². The lowest BCUT2D eigenvalue weighted by Crippen LogP contribution is -2.31. The van der Waals surface area contributed by atoms with Crippen molar-refractivity contribution in [2.75, 3.05) is 6.54 Å². The lowest BCUT2D eigenvalue weighted by Gasteiger charge is -2.11. The third-order valence-electron chi connectivity index (χ3n) is 2.87. The fraction of sp³-hybridized carbons (Fsp3) is 0.571. The number of aromatic nitrogens is 1. The Morgan fingerprint density at radius 2 is 2.16 bits per heavy atom. The van der Waals surface area contributed by atoms with E-state index in [0.717, 1.165) is 18.7 Å². The molecular weight excluding hydrogens is 256 g/mol. The molecule has 1 aromatic rings. The van der Waals surface area contributed by atoms with Crippen LogP contribution in [0.1, 0.15) is 37.7 Å². The van der Waals surface area contributed by atoms with E-state index >= 15 is 0 Å². The first kappa shape index (κ1) is 15.7. The van der Waals surface area contributed by atoms with E-state index in [0.29, 0.717) is 11.0 Å². The van der Waals surface area contributed by atoms with Gasteiger partial charge in [0.15, 0.2) is 5.11 Å². The maximum absolute atomic E-state index is 5.05. The Balaban J connectivity index is 2.74. The van der Waals surface area contributed by atoms with Crippen LogP contribution in [0, 0.1) is 19.8 Å². The Labute approximate surface area is 121 Å². The minimum Gasteiger partial charge on any atom is -0.362 e. The molecule has 0 aromatic carbocycles. The van der Waals surface area contributed by atoms with Gasteiger partial charge in [-0.15, -0.1) is 0 Å². The Morgan fingerprint density at radius 1 is 1.47 bits per heavy atom. The van der Waals surface area contributed by atoms with Crippen LogP contribution in [0.2, 0.25) is 0 Å². The van der Waals surface area contributed by atoms with Gasteiger partial charge in [-0.25, -0.2) is 0 Å². The van der Waals surface area contributed by atoms with Crippen molar-refractivity contribution < 1.29 is 0 Å². The third kappa shape index (κ3) is 4.67. The summed E-state index contributed by atoms with van der Waals surface area (Å²) in [6.07, 6.45) is 1.82. The Morgan fingerprint density at radius 3 is 2.74 bits per heavy atom. The number of nitrogens with one attached hydrogen (secondary N) is 2. The average molecular weight is 280 g/mol. The van der Waals surface area contributed by atoms with Crippen molar-refractivity contribution in [3.63, 3.8) is 0 Å².